The summed E-state index contributed by atoms with van der Waals surface area (Å²) < 4.78 is 7.78. The molecule has 1 aromatic heterocycles. The van der Waals surface area contributed by atoms with Crippen LogP contribution in [0.15, 0.2) is 24.3 Å². The summed E-state index contributed by atoms with van der Waals surface area (Å²) in [6, 6.07) is 8.00. The number of nitrogens with zero attached hydrogens (tertiary/aromatic N) is 2. The van der Waals surface area contributed by atoms with Gasteiger partial charge in [-0.25, -0.2) is 4.98 Å². The van der Waals surface area contributed by atoms with Crippen molar-refractivity contribution in [2.75, 3.05) is 12.3 Å². The highest BCUT2D eigenvalue weighted by atomic mass is 16.5. The van der Waals surface area contributed by atoms with Gasteiger partial charge in [-0.3, -0.25) is 0 Å². The van der Waals surface area contributed by atoms with Crippen LogP contribution in [0.1, 0.15) is 45.9 Å². The minimum absolute atomic E-state index is 0.348. The first-order chi connectivity index (χ1) is 10.1. The highest BCUT2D eigenvalue weighted by Crippen LogP contribution is 2.31. The van der Waals surface area contributed by atoms with E-state index in [9.17, 15) is 0 Å². The molecular weight excluding hydrogens is 262 g/mol. The monoisotopic (exact) mass is 287 g/mol. The topological polar surface area (TPSA) is 53.1 Å². The molecule has 0 spiro atoms. The quantitative estimate of drug-likeness (QED) is 0.871. The molecule has 21 heavy (non-hydrogen) atoms. The molecule has 0 bridgehead atoms. The summed E-state index contributed by atoms with van der Waals surface area (Å²) in [5.41, 5.74) is 8.15. The highest BCUT2D eigenvalue weighted by Gasteiger charge is 2.17. The number of nitrogen functional groups attached to an aromatic ring is 1. The minimum Gasteiger partial charge on any atom is -0.494 e. The van der Waals surface area contributed by atoms with Crippen LogP contribution >= 0.6 is 0 Å². The van der Waals surface area contributed by atoms with Crippen LogP contribution in [-0.4, -0.2) is 16.2 Å². The van der Waals surface area contributed by atoms with Crippen LogP contribution in [0, 0.1) is 0 Å². The molecule has 1 heterocycles. The van der Waals surface area contributed by atoms with E-state index in [0.717, 1.165) is 48.2 Å². The third kappa shape index (κ3) is 3.20. The van der Waals surface area contributed by atoms with Crippen LogP contribution in [0.3, 0.4) is 0 Å². The van der Waals surface area contributed by atoms with Crippen molar-refractivity contribution in [3.8, 4) is 17.0 Å². The van der Waals surface area contributed by atoms with Gasteiger partial charge in [0.1, 0.15) is 23.1 Å². The van der Waals surface area contributed by atoms with Gasteiger partial charge in [-0.1, -0.05) is 32.9 Å². The number of imidazole rings is 1. The molecule has 4 heteroatoms. The number of benzene rings is 1. The van der Waals surface area contributed by atoms with Crippen LogP contribution in [0.25, 0.3) is 11.3 Å². The van der Waals surface area contributed by atoms with Gasteiger partial charge in [-0.2, -0.15) is 0 Å². The Kier molecular flexibility index (Phi) is 4.89. The second kappa shape index (κ2) is 6.66. The fourth-order valence-electron chi connectivity index (χ4n) is 2.42. The molecule has 114 valence electrons. The number of hydrogen-bond acceptors (Lipinski definition) is 3. The maximum absolute atomic E-state index is 6.29. The molecule has 0 aliphatic carbocycles. The predicted molar refractivity (Wildman–Crippen MR) is 87.6 cm³/mol. The predicted octanol–water partition coefficient (Wildman–Crippen LogP) is 4.06. The number of ether oxygens (including phenoxy) is 1. The molecule has 0 saturated heterocycles. The third-order valence-electron chi connectivity index (χ3n) is 3.45. The van der Waals surface area contributed by atoms with Gasteiger partial charge in [0.05, 0.1) is 6.61 Å². The van der Waals surface area contributed by atoms with Gasteiger partial charge in [0.15, 0.2) is 0 Å². The van der Waals surface area contributed by atoms with Gasteiger partial charge >= 0.3 is 0 Å². The van der Waals surface area contributed by atoms with Gasteiger partial charge in [-0.15, -0.1) is 0 Å². The smallest absolute Gasteiger partial charge is 0.131 e. The number of nitrogens with two attached hydrogens (primary N) is 1. The SMILES string of the molecule is CCCOc1cccc(-c2nc(C(C)C)n(CC)c2N)c1. The number of aromatic nitrogens is 2. The lowest BCUT2D eigenvalue weighted by Gasteiger charge is -2.08. The van der Waals surface area contributed by atoms with Crippen molar-refractivity contribution in [1.82, 2.24) is 9.55 Å². The molecular formula is C17H25N3O. The lowest BCUT2D eigenvalue weighted by Crippen LogP contribution is -2.06. The van der Waals surface area contributed by atoms with Crippen molar-refractivity contribution >= 4 is 5.82 Å². The Morgan fingerprint density at radius 2 is 2.05 bits per heavy atom. The molecule has 2 aromatic rings. The van der Waals surface area contributed by atoms with Gasteiger partial charge in [0.2, 0.25) is 0 Å². The normalized spacial score (nSPS) is 11.1. The summed E-state index contributed by atoms with van der Waals surface area (Å²) in [5, 5.41) is 0. The van der Waals surface area contributed by atoms with Crippen molar-refractivity contribution < 1.29 is 4.74 Å². The molecule has 2 N–H and O–H groups in total. The first-order valence-corrected chi connectivity index (χ1v) is 7.67. The Labute approximate surface area is 127 Å². The van der Waals surface area contributed by atoms with Crippen LogP contribution < -0.4 is 10.5 Å². The summed E-state index contributed by atoms with van der Waals surface area (Å²) in [5.74, 6) is 2.98. The van der Waals surface area contributed by atoms with Crippen molar-refractivity contribution in [1.29, 1.82) is 0 Å². The van der Waals surface area contributed by atoms with Crippen molar-refractivity contribution in [2.24, 2.45) is 0 Å². The van der Waals surface area contributed by atoms with Crippen LogP contribution in [0.5, 0.6) is 5.75 Å². The van der Waals surface area contributed by atoms with E-state index in [-0.39, 0.29) is 0 Å². The average Bonchev–Trinajstić information content (AvgIpc) is 2.82. The lowest BCUT2D eigenvalue weighted by atomic mass is 10.1. The molecule has 0 atom stereocenters. The van der Waals surface area contributed by atoms with Crippen LogP contribution in [0.2, 0.25) is 0 Å². The summed E-state index contributed by atoms with van der Waals surface area (Å²) in [6.45, 7) is 10.0. The van der Waals surface area contributed by atoms with Gasteiger partial charge < -0.3 is 15.0 Å². The standard InChI is InChI=1S/C17H25N3O/c1-5-10-21-14-9-7-8-13(11-14)15-16(18)20(6-2)17(19-15)12(3)4/h7-9,11-12H,5-6,10,18H2,1-4H3. The largest absolute Gasteiger partial charge is 0.494 e. The van der Waals surface area contributed by atoms with E-state index in [4.69, 9.17) is 15.5 Å². The number of hydrogen-bond donors (Lipinski definition) is 1. The zero-order valence-corrected chi connectivity index (χ0v) is 13.4. The van der Waals surface area contributed by atoms with Crippen LogP contribution in [0.4, 0.5) is 5.82 Å². The van der Waals surface area contributed by atoms with Crippen molar-refractivity contribution in [2.45, 2.75) is 46.6 Å². The molecule has 0 fully saturated rings. The first-order valence-electron chi connectivity index (χ1n) is 7.67. The molecule has 0 aliphatic heterocycles. The Morgan fingerprint density at radius 1 is 1.29 bits per heavy atom. The maximum atomic E-state index is 6.29. The van der Waals surface area contributed by atoms with Gasteiger partial charge in [0, 0.05) is 18.0 Å². The Hall–Kier alpha value is -1.97. The van der Waals surface area contributed by atoms with E-state index in [1.165, 1.54) is 0 Å². The fraction of sp³-hybridized carbons (Fsp3) is 0.471. The maximum Gasteiger partial charge on any atom is 0.131 e. The highest BCUT2D eigenvalue weighted by molar-refractivity contribution is 5.72. The third-order valence-corrected chi connectivity index (χ3v) is 3.45. The van der Waals surface area contributed by atoms with E-state index in [1.54, 1.807) is 0 Å². The fourth-order valence-corrected chi connectivity index (χ4v) is 2.42. The Balaban J connectivity index is 2.42. The zero-order chi connectivity index (χ0) is 15.4. The van der Waals surface area contributed by atoms with Crippen molar-refractivity contribution in [3.63, 3.8) is 0 Å². The second-order valence-electron chi connectivity index (χ2n) is 5.48. The van der Waals surface area contributed by atoms with E-state index >= 15 is 0 Å². The van der Waals surface area contributed by atoms with E-state index in [1.807, 2.05) is 24.3 Å². The molecule has 0 saturated carbocycles. The average molecular weight is 287 g/mol. The number of anilines is 1. The molecule has 1 aromatic carbocycles. The summed E-state index contributed by atoms with van der Waals surface area (Å²) in [7, 11) is 0. The molecule has 0 amide bonds. The van der Waals surface area contributed by atoms with Gasteiger partial charge in [0.25, 0.3) is 0 Å². The molecule has 0 radical (unpaired) electrons. The minimum atomic E-state index is 0.348. The van der Waals surface area contributed by atoms with Gasteiger partial charge in [-0.05, 0) is 25.5 Å². The first kappa shape index (κ1) is 15.4. The molecule has 0 unspecified atom stereocenters. The lowest BCUT2D eigenvalue weighted by molar-refractivity contribution is 0.317. The summed E-state index contributed by atoms with van der Waals surface area (Å²) >= 11 is 0. The zero-order valence-electron chi connectivity index (χ0n) is 13.4. The van der Waals surface area contributed by atoms with E-state index < -0.39 is 0 Å². The summed E-state index contributed by atoms with van der Waals surface area (Å²) in [4.78, 5) is 4.75. The second-order valence-corrected chi connectivity index (χ2v) is 5.48. The van der Waals surface area contributed by atoms with E-state index in [2.05, 4.69) is 32.3 Å². The molecule has 4 nitrogen and oxygen atoms in total. The molecule has 0 aliphatic rings. The number of rotatable bonds is 6. The summed E-state index contributed by atoms with van der Waals surface area (Å²) in [6.07, 6.45) is 0.994. The molecule has 2 rings (SSSR count). The van der Waals surface area contributed by atoms with Crippen LogP contribution in [-0.2, 0) is 6.54 Å². The van der Waals surface area contributed by atoms with Crippen molar-refractivity contribution in [3.05, 3.63) is 30.1 Å². The van der Waals surface area contributed by atoms with E-state index in [0.29, 0.717) is 5.92 Å². The Bertz CT molecular complexity index is 602. The Morgan fingerprint density at radius 3 is 2.62 bits per heavy atom.